The van der Waals surface area contributed by atoms with E-state index in [9.17, 15) is 4.79 Å². The van der Waals surface area contributed by atoms with Gasteiger partial charge in [0.1, 0.15) is 6.04 Å². The number of carbonyl (C=O) groups excluding carboxylic acids is 1. The monoisotopic (exact) mass is 277 g/mol. The predicted octanol–water partition coefficient (Wildman–Crippen LogP) is 0.534. The van der Waals surface area contributed by atoms with Gasteiger partial charge < -0.3 is 9.84 Å². The normalized spacial score (nSPS) is 19.8. The van der Waals surface area contributed by atoms with Gasteiger partial charge in [-0.3, -0.25) is 15.0 Å². The van der Waals surface area contributed by atoms with Crippen molar-refractivity contribution in [1.29, 1.82) is 5.26 Å². The number of nitriles is 1. The molecule has 2 rings (SSSR count). The van der Waals surface area contributed by atoms with E-state index in [1.807, 2.05) is 18.7 Å². The highest BCUT2D eigenvalue weighted by molar-refractivity contribution is 5.91. The summed E-state index contributed by atoms with van der Waals surface area (Å²) < 4.78 is 5.06. The van der Waals surface area contributed by atoms with Crippen LogP contribution in [0.15, 0.2) is 10.6 Å². The van der Waals surface area contributed by atoms with Gasteiger partial charge in [-0.05, 0) is 5.92 Å². The van der Waals surface area contributed by atoms with Gasteiger partial charge in [-0.2, -0.15) is 5.26 Å². The van der Waals surface area contributed by atoms with E-state index in [1.54, 1.807) is 6.07 Å². The zero-order valence-corrected chi connectivity index (χ0v) is 11.7. The number of piperazine rings is 1. The Labute approximate surface area is 117 Å². The fourth-order valence-electron chi connectivity index (χ4n) is 2.04. The van der Waals surface area contributed by atoms with Crippen LogP contribution >= 0.6 is 0 Å². The third kappa shape index (κ3) is 3.56. The summed E-state index contributed by atoms with van der Waals surface area (Å²) >= 11 is 0. The smallest absolute Gasteiger partial charge is 0.240 e. The molecular weight excluding hydrogens is 258 g/mol. The molecule has 1 unspecified atom stereocenters. The molecule has 0 bridgehead atoms. The second-order valence-corrected chi connectivity index (χ2v) is 5.14. The Morgan fingerprint density at radius 3 is 3.20 bits per heavy atom. The molecule has 0 aromatic carbocycles. The molecule has 0 spiro atoms. The summed E-state index contributed by atoms with van der Waals surface area (Å²) in [7, 11) is 0. The minimum absolute atomic E-state index is 0.178. The van der Waals surface area contributed by atoms with E-state index in [0.717, 1.165) is 12.2 Å². The Morgan fingerprint density at radius 2 is 2.55 bits per heavy atom. The van der Waals surface area contributed by atoms with Gasteiger partial charge in [0.25, 0.3) is 0 Å². The lowest BCUT2D eigenvalue weighted by molar-refractivity contribution is -0.117. The molecule has 1 fully saturated rings. The van der Waals surface area contributed by atoms with E-state index >= 15 is 0 Å². The Kier molecular flexibility index (Phi) is 4.71. The zero-order valence-electron chi connectivity index (χ0n) is 11.7. The molecule has 1 amide bonds. The first-order chi connectivity index (χ1) is 9.60. The van der Waals surface area contributed by atoms with Crippen molar-refractivity contribution in [2.75, 3.05) is 31.5 Å². The van der Waals surface area contributed by atoms with Crippen LogP contribution in [0.3, 0.4) is 0 Å². The molecule has 7 nitrogen and oxygen atoms in total. The second-order valence-electron chi connectivity index (χ2n) is 5.14. The van der Waals surface area contributed by atoms with E-state index in [4.69, 9.17) is 9.78 Å². The minimum atomic E-state index is -0.268. The summed E-state index contributed by atoms with van der Waals surface area (Å²) in [5.74, 6) is 0.404. The van der Waals surface area contributed by atoms with Crippen LogP contribution in [-0.2, 0) is 4.79 Å². The number of anilines is 1. The highest BCUT2D eigenvalue weighted by Gasteiger charge is 2.24. The Balaban J connectivity index is 1.89. The number of nitrogens with zero attached hydrogens (tertiary/aromatic N) is 3. The SMILES string of the molecule is CC(C)c1cc(NC(=O)CN2CCNCC2C#N)on1. The first-order valence-electron chi connectivity index (χ1n) is 6.71. The quantitative estimate of drug-likeness (QED) is 0.834. The van der Waals surface area contributed by atoms with Gasteiger partial charge in [0, 0.05) is 25.7 Å². The summed E-state index contributed by atoms with van der Waals surface area (Å²) in [5, 5.41) is 18.7. The second kappa shape index (κ2) is 6.50. The van der Waals surface area contributed by atoms with E-state index in [2.05, 4.69) is 21.9 Å². The fraction of sp³-hybridized carbons (Fsp3) is 0.615. The standard InChI is InChI=1S/C13H19N5O2/c1-9(2)11-5-13(20-17-11)16-12(19)8-18-4-3-15-7-10(18)6-14/h5,9-10,15H,3-4,7-8H2,1-2H3,(H,16,19). The van der Waals surface area contributed by atoms with Crippen molar-refractivity contribution in [1.82, 2.24) is 15.4 Å². The van der Waals surface area contributed by atoms with E-state index < -0.39 is 0 Å². The minimum Gasteiger partial charge on any atom is -0.338 e. The number of nitrogens with one attached hydrogen (secondary N) is 2. The van der Waals surface area contributed by atoms with E-state index in [1.165, 1.54) is 0 Å². The van der Waals surface area contributed by atoms with Crippen LogP contribution < -0.4 is 10.6 Å². The average molecular weight is 277 g/mol. The average Bonchev–Trinajstić information content (AvgIpc) is 2.88. The third-order valence-corrected chi connectivity index (χ3v) is 3.23. The van der Waals surface area contributed by atoms with Gasteiger partial charge >= 0.3 is 0 Å². The number of amides is 1. The Hall–Kier alpha value is -1.91. The Morgan fingerprint density at radius 1 is 1.75 bits per heavy atom. The highest BCUT2D eigenvalue weighted by Crippen LogP contribution is 2.17. The van der Waals surface area contributed by atoms with Crippen LogP contribution in [0.2, 0.25) is 0 Å². The number of hydrogen-bond acceptors (Lipinski definition) is 6. The molecule has 1 atom stereocenters. The number of aromatic nitrogens is 1. The predicted molar refractivity (Wildman–Crippen MR) is 73.1 cm³/mol. The van der Waals surface area contributed by atoms with E-state index in [-0.39, 0.29) is 24.4 Å². The maximum absolute atomic E-state index is 12.0. The van der Waals surface area contributed by atoms with Crippen molar-refractivity contribution >= 4 is 11.8 Å². The molecule has 0 saturated carbocycles. The van der Waals surface area contributed by atoms with Crippen LogP contribution in [0.25, 0.3) is 0 Å². The molecule has 108 valence electrons. The van der Waals surface area contributed by atoms with Crippen LogP contribution in [0, 0.1) is 11.3 Å². The van der Waals surface area contributed by atoms with Gasteiger partial charge in [0.05, 0.1) is 18.3 Å². The first-order valence-corrected chi connectivity index (χ1v) is 6.71. The largest absolute Gasteiger partial charge is 0.338 e. The lowest BCUT2D eigenvalue weighted by Gasteiger charge is -2.30. The summed E-state index contributed by atoms with van der Waals surface area (Å²) in [4.78, 5) is 13.8. The van der Waals surface area contributed by atoms with Crippen molar-refractivity contribution in [2.45, 2.75) is 25.8 Å². The first kappa shape index (κ1) is 14.5. The molecule has 20 heavy (non-hydrogen) atoms. The van der Waals surface area contributed by atoms with Crippen molar-refractivity contribution in [3.05, 3.63) is 11.8 Å². The van der Waals surface area contributed by atoms with Crippen LogP contribution in [0.1, 0.15) is 25.5 Å². The molecule has 0 aliphatic carbocycles. The maximum Gasteiger partial charge on any atom is 0.240 e. The summed E-state index contributed by atoms with van der Waals surface area (Å²) in [6.07, 6.45) is 0. The van der Waals surface area contributed by atoms with Crippen molar-refractivity contribution in [3.63, 3.8) is 0 Å². The lowest BCUT2D eigenvalue weighted by Crippen LogP contribution is -2.52. The number of hydrogen-bond donors (Lipinski definition) is 2. The Bertz CT molecular complexity index is 505. The van der Waals surface area contributed by atoms with Crippen LogP contribution in [-0.4, -0.2) is 48.2 Å². The van der Waals surface area contributed by atoms with Crippen molar-refractivity contribution in [3.8, 4) is 6.07 Å². The maximum atomic E-state index is 12.0. The van der Waals surface area contributed by atoms with Gasteiger partial charge in [0.2, 0.25) is 11.8 Å². The molecule has 0 radical (unpaired) electrons. The molecule has 2 heterocycles. The summed E-state index contributed by atoms with van der Waals surface area (Å²) in [6.45, 7) is 6.23. The highest BCUT2D eigenvalue weighted by atomic mass is 16.5. The van der Waals surface area contributed by atoms with E-state index in [0.29, 0.717) is 19.0 Å². The molecule has 1 saturated heterocycles. The summed E-state index contributed by atoms with van der Waals surface area (Å²) in [5.41, 5.74) is 0.803. The zero-order chi connectivity index (χ0) is 14.5. The molecular formula is C13H19N5O2. The van der Waals surface area contributed by atoms with Crippen molar-refractivity contribution in [2.24, 2.45) is 0 Å². The molecule has 1 aliphatic heterocycles. The van der Waals surface area contributed by atoms with Gasteiger partial charge in [-0.1, -0.05) is 19.0 Å². The topological polar surface area (TPSA) is 94.2 Å². The fourth-order valence-corrected chi connectivity index (χ4v) is 2.04. The number of rotatable bonds is 4. The molecule has 1 aliphatic rings. The molecule has 2 N–H and O–H groups in total. The lowest BCUT2D eigenvalue weighted by atomic mass is 10.1. The van der Waals surface area contributed by atoms with Gasteiger partial charge in [-0.25, -0.2) is 0 Å². The summed E-state index contributed by atoms with van der Waals surface area (Å²) in [6, 6.07) is 3.65. The third-order valence-electron chi connectivity index (χ3n) is 3.23. The molecule has 1 aromatic rings. The van der Waals surface area contributed by atoms with Crippen LogP contribution in [0.5, 0.6) is 0 Å². The van der Waals surface area contributed by atoms with Crippen molar-refractivity contribution < 1.29 is 9.32 Å². The molecule has 1 aromatic heterocycles. The van der Waals surface area contributed by atoms with Gasteiger partial charge in [-0.15, -0.1) is 0 Å². The number of carbonyl (C=O) groups is 1. The van der Waals surface area contributed by atoms with Crippen LogP contribution in [0.4, 0.5) is 5.88 Å². The molecule has 7 heteroatoms. The van der Waals surface area contributed by atoms with Gasteiger partial charge in [0.15, 0.2) is 0 Å².